The molecule has 72 valence electrons. The van der Waals surface area contributed by atoms with Gasteiger partial charge in [0.1, 0.15) is 0 Å². The van der Waals surface area contributed by atoms with Gasteiger partial charge in [0.05, 0.1) is 6.20 Å². The topological polar surface area (TPSA) is 33.1 Å². The lowest BCUT2D eigenvalue weighted by Gasteiger charge is -2.30. The highest BCUT2D eigenvalue weighted by Crippen LogP contribution is 2.14. The largest absolute Gasteiger partial charge is 0.307 e. The van der Waals surface area contributed by atoms with Gasteiger partial charge in [0.25, 0.3) is 0 Å². The summed E-state index contributed by atoms with van der Waals surface area (Å²) in [6.45, 7) is 3.28. The van der Waals surface area contributed by atoms with Crippen LogP contribution in [-0.4, -0.2) is 41.4 Å². The summed E-state index contributed by atoms with van der Waals surface area (Å²) in [5, 5.41) is 7.66. The first-order chi connectivity index (χ1) is 6.25. The number of hydrogen-bond donors (Lipinski definition) is 1. The van der Waals surface area contributed by atoms with Gasteiger partial charge in [0.15, 0.2) is 0 Å². The van der Waals surface area contributed by atoms with Crippen LogP contribution in [0.3, 0.4) is 0 Å². The van der Waals surface area contributed by atoms with E-state index in [4.69, 9.17) is 0 Å². The van der Waals surface area contributed by atoms with Gasteiger partial charge in [0.2, 0.25) is 0 Å². The van der Waals surface area contributed by atoms with Crippen molar-refractivity contribution in [3.63, 3.8) is 0 Å². The molecule has 2 rings (SSSR count). The molecular weight excluding hydrogens is 164 g/mol. The molecule has 4 nitrogen and oxygen atoms in total. The molecule has 1 atom stereocenters. The molecule has 1 N–H and O–H groups in total. The van der Waals surface area contributed by atoms with Crippen molar-refractivity contribution in [2.24, 2.45) is 7.05 Å². The molecule has 1 unspecified atom stereocenters. The van der Waals surface area contributed by atoms with E-state index in [1.807, 2.05) is 17.9 Å². The Hall–Kier alpha value is -0.870. The highest BCUT2D eigenvalue weighted by molar-refractivity contribution is 5.11. The van der Waals surface area contributed by atoms with Crippen LogP contribution in [0.5, 0.6) is 0 Å². The molecular formula is C9H16N4. The normalized spacial score (nSPS) is 24.9. The second-order valence-corrected chi connectivity index (χ2v) is 3.72. The van der Waals surface area contributed by atoms with Gasteiger partial charge in [-0.25, -0.2) is 0 Å². The predicted molar refractivity (Wildman–Crippen MR) is 51.4 cm³/mol. The molecule has 1 aromatic heterocycles. The number of nitrogens with zero attached hydrogens (tertiary/aromatic N) is 3. The standard InChI is InChI=1S/C9H16N4/c1-12-4-3-10-9(7-12)8-5-11-13(2)6-8/h5-6,9-10H,3-4,7H2,1-2H3. The van der Waals surface area contributed by atoms with Crippen LogP contribution in [0, 0.1) is 0 Å². The van der Waals surface area contributed by atoms with E-state index in [1.165, 1.54) is 5.56 Å². The van der Waals surface area contributed by atoms with E-state index in [1.54, 1.807) is 0 Å². The number of piperazine rings is 1. The number of nitrogens with one attached hydrogen (secondary N) is 1. The first-order valence-electron chi connectivity index (χ1n) is 4.66. The number of aromatic nitrogens is 2. The summed E-state index contributed by atoms with van der Waals surface area (Å²) in [4.78, 5) is 2.34. The fourth-order valence-electron chi connectivity index (χ4n) is 1.74. The van der Waals surface area contributed by atoms with Crippen LogP contribution < -0.4 is 5.32 Å². The molecule has 0 amide bonds. The Morgan fingerprint density at radius 2 is 2.38 bits per heavy atom. The Morgan fingerprint density at radius 3 is 3.00 bits per heavy atom. The summed E-state index contributed by atoms with van der Waals surface area (Å²) in [5.41, 5.74) is 1.29. The summed E-state index contributed by atoms with van der Waals surface area (Å²) < 4.78 is 1.85. The molecule has 1 fully saturated rings. The maximum Gasteiger partial charge on any atom is 0.0538 e. The fourth-order valence-corrected chi connectivity index (χ4v) is 1.74. The van der Waals surface area contributed by atoms with Crippen LogP contribution in [0.15, 0.2) is 12.4 Å². The van der Waals surface area contributed by atoms with Crippen molar-refractivity contribution >= 4 is 0 Å². The molecule has 1 aliphatic rings. The fraction of sp³-hybridized carbons (Fsp3) is 0.667. The van der Waals surface area contributed by atoms with E-state index in [0.717, 1.165) is 19.6 Å². The third-order valence-corrected chi connectivity index (χ3v) is 2.51. The van der Waals surface area contributed by atoms with Gasteiger partial charge in [-0.15, -0.1) is 0 Å². The highest BCUT2D eigenvalue weighted by Gasteiger charge is 2.18. The van der Waals surface area contributed by atoms with Gasteiger partial charge >= 0.3 is 0 Å². The molecule has 2 heterocycles. The lowest BCUT2D eigenvalue weighted by atomic mass is 10.1. The van der Waals surface area contributed by atoms with Crippen molar-refractivity contribution in [3.05, 3.63) is 18.0 Å². The van der Waals surface area contributed by atoms with E-state index in [0.29, 0.717) is 6.04 Å². The Bertz CT molecular complexity index is 281. The van der Waals surface area contributed by atoms with E-state index < -0.39 is 0 Å². The van der Waals surface area contributed by atoms with Crippen LogP contribution in [0.2, 0.25) is 0 Å². The second kappa shape index (κ2) is 3.47. The number of rotatable bonds is 1. The van der Waals surface area contributed by atoms with Gasteiger partial charge < -0.3 is 10.2 Å². The zero-order chi connectivity index (χ0) is 9.26. The maximum atomic E-state index is 4.18. The van der Waals surface area contributed by atoms with Gasteiger partial charge in [-0.3, -0.25) is 4.68 Å². The smallest absolute Gasteiger partial charge is 0.0538 e. The third kappa shape index (κ3) is 1.89. The van der Waals surface area contributed by atoms with E-state index >= 15 is 0 Å². The minimum atomic E-state index is 0.451. The molecule has 1 aliphatic heterocycles. The monoisotopic (exact) mass is 180 g/mol. The third-order valence-electron chi connectivity index (χ3n) is 2.51. The molecule has 1 saturated heterocycles. The first kappa shape index (κ1) is 8.72. The van der Waals surface area contributed by atoms with Crippen molar-refractivity contribution in [1.82, 2.24) is 20.0 Å². The summed E-state index contributed by atoms with van der Waals surface area (Å²) in [7, 11) is 4.11. The van der Waals surface area contributed by atoms with Gasteiger partial charge in [-0.1, -0.05) is 0 Å². The number of aryl methyl sites for hydroxylation is 1. The molecule has 0 aliphatic carbocycles. The minimum Gasteiger partial charge on any atom is -0.307 e. The molecule has 4 heteroatoms. The minimum absolute atomic E-state index is 0.451. The average molecular weight is 180 g/mol. The van der Waals surface area contributed by atoms with Crippen LogP contribution in [-0.2, 0) is 7.05 Å². The Labute approximate surface area is 78.5 Å². The molecule has 0 saturated carbocycles. The van der Waals surface area contributed by atoms with Crippen molar-refractivity contribution in [2.75, 3.05) is 26.7 Å². The zero-order valence-corrected chi connectivity index (χ0v) is 8.20. The molecule has 0 bridgehead atoms. The van der Waals surface area contributed by atoms with Crippen molar-refractivity contribution in [2.45, 2.75) is 6.04 Å². The van der Waals surface area contributed by atoms with Gasteiger partial charge in [-0.2, -0.15) is 5.10 Å². The molecule has 1 aromatic rings. The second-order valence-electron chi connectivity index (χ2n) is 3.72. The van der Waals surface area contributed by atoms with Crippen LogP contribution in [0.4, 0.5) is 0 Å². The Morgan fingerprint density at radius 1 is 1.54 bits per heavy atom. The first-order valence-corrected chi connectivity index (χ1v) is 4.66. The summed E-state index contributed by atoms with van der Waals surface area (Å²) >= 11 is 0. The summed E-state index contributed by atoms with van der Waals surface area (Å²) in [6, 6.07) is 0.451. The van der Waals surface area contributed by atoms with Crippen molar-refractivity contribution in [1.29, 1.82) is 0 Å². The SMILES string of the molecule is CN1CCNC(c2cnn(C)c2)C1. The highest BCUT2D eigenvalue weighted by atomic mass is 15.2. The summed E-state index contributed by atoms with van der Waals surface area (Å²) in [5.74, 6) is 0. The van der Waals surface area contributed by atoms with Crippen molar-refractivity contribution < 1.29 is 0 Å². The van der Waals surface area contributed by atoms with Crippen LogP contribution in [0.25, 0.3) is 0 Å². The van der Waals surface area contributed by atoms with Gasteiger partial charge in [-0.05, 0) is 7.05 Å². The maximum absolute atomic E-state index is 4.18. The number of likely N-dealkylation sites (N-methyl/N-ethyl adjacent to an activating group) is 1. The number of hydrogen-bond acceptors (Lipinski definition) is 3. The lowest BCUT2D eigenvalue weighted by molar-refractivity contribution is 0.241. The zero-order valence-electron chi connectivity index (χ0n) is 8.20. The quantitative estimate of drug-likeness (QED) is 0.660. The predicted octanol–water partition coefficient (Wildman–Crippen LogP) is -0.00380. The summed E-state index contributed by atoms with van der Waals surface area (Å²) in [6.07, 6.45) is 4.02. The molecule has 13 heavy (non-hydrogen) atoms. The Kier molecular flexibility index (Phi) is 2.33. The van der Waals surface area contributed by atoms with E-state index in [9.17, 15) is 0 Å². The van der Waals surface area contributed by atoms with Crippen LogP contribution in [0.1, 0.15) is 11.6 Å². The van der Waals surface area contributed by atoms with Gasteiger partial charge in [0, 0.05) is 44.5 Å². The lowest BCUT2D eigenvalue weighted by Crippen LogP contribution is -2.43. The molecule has 0 radical (unpaired) electrons. The van der Waals surface area contributed by atoms with E-state index in [2.05, 4.69) is 28.6 Å². The van der Waals surface area contributed by atoms with Crippen LogP contribution >= 0.6 is 0 Å². The molecule has 0 aromatic carbocycles. The average Bonchev–Trinajstić information content (AvgIpc) is 2.52. The molecule has 0 spiro atoms. The Balaban J connectivity index is 2.08. The van der Waals surface area contributed by atoms with Crippen molar-refractivity contribution in [3.8, 4) is 0 Å². The van der Waals surface area contributed by atoms with E-state index in [-0.39, 0.29) is 0 Å².